The van der Waals surface area contributed by atoms with E-state index in [1.165, 1.54) is 34.0 Å². The van der Waals surface area contributed by atoms with Gasteiger partial charge in [0.2, 0.25) is 0 Å². The van der Waals surface area contributed by atoms with Gasteiger partial charge in [-0.3, -0.25) is 4.90 Å². The van der Waals surface area contributed by atoms with Crippen molar-refractivity contribution in [3.05, 3.63) is 95.7 Å². The first-order valence-electron chi connectivity index (χ1n) is 13.2. The molecule has 4 aromatic rings. The van der Waals surface area contributed by atoms with Crippen LogP contribution in [-0.4, -0.2) is 60.2 Å². The van der Waals surface area contributed by atoms with Crippen LogP contribution in [0.3, 0.4) is 0 Å². The topological polar surface area (TPSA) is 40.7 Å². The maximum absolute atomic E-state index is 6.50. The summed E-state index contributed by atoms with van der Waals surface area (Å²) in [6.45, 7) is 8.53. The van der Waals surface area contributed by atoms with E-state index in [1.54, 1.807) is 0 Å². The van der Waals surface area contributed by atoms with Crippen molar-refractivity contribution in [3.63, 3.8) is 0 Å². The molecule has 2 aliphatic rings. The van der Waals surface area contributed by atoms with Crippen molar-refractivity contribution < 1.29 is 9.47 Å². The van der Waals surface area contributed by atoms with Crippen molar-refractivity contribution in [2.75, 3.05) is 39.3 Å². The van der Waals surface area contributed by atoms with Crippen LogP contribution in [0.25, 0.3) is 10.9 Å². The lowest BCUT2D eigenvalue weighted by molar-refractivity contribution is -0.00974. The molecule has 6 rings (SSSR count). The second kappa shape index (κ2) is 10.4. The van der Waals surface area contributed by atoms with Crippen LogP contribution in [0.15, 0.2) is 79.0 Å². The fourth-order valence-electron chi connectivity index (χ4n) is 5.58. The number of fused-ring (bicyclic) bond motifs is 2. The van der Waals surface area contributed by atoms with Crippen molar-refractivity contribution in [1.29, 1.82) is 0 Å². The number of aromatic amines is 1. The van der Waals surface area contributed by atoms with Gasteiger partial charge in [-0.05, 0) is 61.7 Å². The third-order valence-electron chi connectivity index (χ3n) is 7.59. The molecule has 3 heterocycles. The Balaban J connectivity index is 1.03. The van der Waals surface area contributed by atoms with Gasteiger partial charge in [-0.1, -0.05) is 54.1 Å². The molecule has 0 aliphatic carbocycles. The van der Waals surface area contributed by atoms with Gasteiger partial charge in [0.15, 0.2) is 23.7 Å². The molecule has 1 N–H and O–H groups in total. The summed E-state index contributed by atoms with van der Waals surface area (Å²) in [5, 5.41) is 1.38. The van der Waals surface area contributed by atoms with E-state index in [2.05, 4.69) is 76.4 Å². The average Bonchev–Trinajstić information content (AvgIpc) is 3.31. The third kappa shape index (κ3) is 4.99. The van der Waals surface area contributed by atoms with Crippen LogP contribution in [0.5, 0.6) is 11.5 Å². The number of rotatable bonds is 7. The molecule has 5 nitrogen and oxygen atoms in total. The maximum Gasteiger partial charge on any atom is 0.162 e. The Hall–Kier alpha value is -3.28. The van der Waals surface area contributed by atoms with E-state index < -0.39 is 0 Å². The van der Waals surface area contributed by atoms with Gasteiger partial charge >= 0.3 is 0 Å². The molecule has 0 amide bonds. The van der Waals surface area contributed by atoms with E-state index in [4.69, 9.17) is 9.47 Å². The Morgan fingerprint density at radius 2 is 1.56 bits per heavy atom. The normalized spacial score (nSPS) is 20.6. The summed E-state index contributed by atoms with van der Waals surface area (Å²) >= 11 is 0. The van der Waals surface area contributed by atoms with Gasteiger partial charge in [0.05, 0.1) is 0 Å². The number of benzene rings is 3. The summed E-state index contributed by atoms with van der Waals surface area (Å²) in [4.78, 5) is 8.58. The van der Waals surface area contributed by atoms with Crippen molar-refractivity contribution in [3.8, 4) is 11.5 Å². The largest absolute Gasteiger partial charge is 0.481 e. The molecule has 2 atom stereocenters. The number of hydrogen-bond acceptors (Lipinski definition) is 4. The Morgan fingerprint density at radius 3 is 2.36 bits per heavy atom. The zero-order valence-corrected chi connectivity index (χ0v) is 21.0. The molecule has 1 saturated heterocycles. The van der Waals surface area contributed by atoms with Crippen molar-refractivity contribution in [2.45, 2.75) is 32.0 Å². The van der Waals surface area contributed by atoms with E-state index in [9.17, 15) is 0 Å². The smallest absolute Gasteiger partial charge is 0.162 e. The summed E-state index contributed by atoms with van der Waals surface area (Å²) in [6, 6.07) is 25.2. The van der Waals surface area contributed by atoms with Gasteiger partial charge in [0.25, 0.3) is 0 Å². The monoisotopic (exact) mass is 481 g/mol. The lowest BCUT2D eigenvalue weighted by Gasteiger charge is -2.40. The summed E-state index contributed by atoms with van der Waals surface area (Å²) in [6.07, 6.45) is 4.37. The molecule has 0 spiro atoms. The fraction of sp³-hybridized carbons (Fsp3) is 0.355. The van der Waals surface area contributed by atoms with Crippen LogP contribution < -0.4 is 9.47 Å². The van der Waals surface area contributed by atoms with Gasteiger partial charge in [0, 0.05) is 49.8 Å². The highest BCUT2D eigenvalue weighted by Crippen LogP contribution is 2.39. The number of aromatic nitrogens is 1. The van der Waals surface area contributed by atoms with Crippen LogP contribution in [0.1, 0.15) is 29.2 Å². The Morgan fingerprint density at radius 1 is 0.833 bits per heavy atom. The van der Waals surface area contributed by atoms with Crippen LogP contribution in [0.2, 0.25) is 0 Å². The molecule has 186 valence electrons. The number of piperazine rings is 1. The molecule has 0 bridgehead atoms. The first-order valence-corrected chi connectivity index (χ1v) is 13.2. The molecule has 3 aromatic carbocycles. The summed E-state index contributed by atoms with van der Waals surface area (Å²) < 4.78 is 13.0. The Bertz CT molecular complexity index is 1290. The van der Waals surface area contributed by atoms with Crippen molar-refractivity contribution in [1.82, 2.24) is 14.8 Å². The first-order chi connectivity index (χ1) is 17.7. The van der Waals surface area contributed by atoms with Crippen molar-refractivity contribution >= 4 is 10.9 Å². The minimum Gasteiger partial charge on any atom is -0.481 e. The standard InChI is InChI=1S/C31H35N3O2/c1-23-13-14-27-26(20-23)25(21-32-27)10-7-15-33-16-18-34(19-17-33)22-30-31(24-8-3-2-4-9-24)36-29-12-6-5-11-28(29)35-30/h2-6,8-9,11-14,20-21,30-32H,7,10,15-19,22H2,1H3. The Kier molecular flexibility index (Phi) is 6.67. The highest BCUT2D eigenvalue weighted by Gasteiger charge is 2.34. The van der Waals surface area contributed by atoms with E-state index >= 15 is 0 Å². The number of ether oxygens (including phenoxy) is 2. The Labute approximate surface area is 213 Å². The van der Waals surface area contributed by atoms with Crippen molar-refractivity contribution in [2.24, 2.45) is 0 Å². The molecule has 1 fully saturated rings. The number of nitrogens with zero attached hydrogens (tertiary/aromatic N) is 2. The summed E-state index contributed by atoms with van der Waals surface area (Å²) in [5.41, 5.74) is 5.18. The molecule has 5 heteroatoms. The number of hydrogen-bond donors (Lipinski definition) is 1. The minimum atomic E-state index is -0.0982. The molecular weight excluding hydrogens is 446 g/mol. The predicted molar refractivity (Wildman–Crippen MR) is 145 cm³/mol. The molecule has 0 radical (unpaired) electrons. The molecule has 2 unspecified atom stereocenters. The summed E-state index contributed by atoms with van der Waals surface area (Å²) in [5.74, 6) is 1.68. The number of para-hydroxylation sites is 2. The fourth-order valence-corrected chi connectivity index (χ4v) is 5.58. The van der Waals surface area contributed by atoms with Crippen LogP contribution in [-0.2, 0) is 6.42 Å². The van der Waals surface area contributed by atoms with Gasteiger partial charge in [0.1, 0.15) is 0 Å². The predicted octanol–water partition coefficient (Wildman–Crippen LogP) is 5.61. The third-order valence-corrected chi connectivity index (χ3v) is 7.59. The highest BCUT2D eigenvalue weighted by atomic mass is 16.6. The zero-order chi connectivity index (χ0) is 24.3. The van der Waals surface area contributed by atoms with Gasteiger partial charge in [-0.2, -0.15) is 0 Å². The molecule has 2 aliphatic heterocycles. The first kappa shape index (κ1) is 23.1. The highest BCUT2D eigenvalue weighted by molar-refractivity contribution is 5.83. The number of aryl methyl sites for hydroxylation is 2. The minimum absolute atomic E-state index is 0.0285. The van der Waals surface area contributed by atoms with E-state index in [0.717, 1.165) is 57.2 Å². The number of nitrogens with one attached hydrogen (secondary N) is 1. The second-order valence-corrected chi connectivity index (χ2v) is 10.2. The lowest BCUT2D eigenvalue weighted by Crippen LogP contribution is -2.51. The van der Waals surface area contributed by atoms with Crippen LogP contribution >= 0.6 is 0 Å². The zero-order valence-electron chi connectivity index (χ0n) is 21.0. The van der Waals surface area contributed by atoms with Crippen LogP contribution in [0.4, 0.5) is 0 Å². The average molecular weight is 482 g/mol. The second-order valence-electron chi connectivity index (χ2n) is 10.2. The van der Waals surface area contributed by atoms with Gasteiger partial charge in [-0.15, -0.1) is 0 Å². The molecular formula is C31H35N3O2. The van der Waals surface area contributed by atoms with E-state index in [-0.39, 0.29) is 12.2 Å². The quantitative estimate of drug-likeness (QED) is 0.373. The van der Waals surface area contributed by atoms with Crippen LogP contribution in [0, 0.1) is 6.92 Å². The molecule has 36 heavy (non-hydrogen) atoms. The van der Waals surface area contributed by atoms with E-state index in [1.807, 2.05) is 24.3 Å². The SMILES string of the molecule is Cc1ccc2[nH]cc(CCCN3CCN(CC4Oc5ccccc5OC4c4ccccc4)CC3)c2c1. The maximum atomic E-state index is 6.50. The molecule has 0 saturated carbocycles. The summed E-state index contributed by atoms with van der Waals surface area (Å²) in [7, 11) is 0. The number of H-pyrrole nitrogens is 1. The molecule has 1 aromatic heterocycles. The lowest BCUT2D eigenvalue weighted by atomic mass is 10.0. The van der Waals surface area contributed by atoms with Gasteiger partial charge in [-0.25, -0.2) is 0 Å². The van der Waals surface area contributed by atoms with Gasteiger partial charge < -0.3 is 19.4 Å². The van der Waals surface area contributed by atoms with E-state index in [0.29, 0.717) is 0 Å².